The molecule has 0 spiro atoms. The zero-order valence-corrected chi connectivity index (χ0v) is 21.3. The van der Waals surface area contributed by atoms with E-state index in [9.17, 15) is 27.9 Å². The van der Waals surface area contributed by atoms with Crippen LogP contribution >= 0.6 is 23.2 Å². The molecule has 202 valence electrons. The lowest BCUT2D eigenvalue weighted by atomic mass is 10.2. The highest BCUT2D eigenvalue weighted by Gasteiger charge is 2.33. The third-order valence-corrected chi connectivity index (χ3v) is 6.18. The van der Waals surface area contributed by atoms with Crippen LogP contribution in [0.25, 0.3) is 11.2 Å². The summed E-state index contributed by atoms with van der Waals surface area (Å²) in [7, 11) is 1.43. The summed E-state index contributed by atoms with van der Waals surface area (Å²) in [6.45, 7) is -0.808. The number of imidazole rings is 1. The molecule has 0 saturated carbocycles. The molecule has 1 N–H and O–H groups in total. The molecule has 0 atom stereocenters. The van der Waals surface area contributed by atoms with Crippen LogP contribution in [0.1, 0.15) is 11.1 Å². The number of aliphatic hydroxyl groups excluding tert-OH is 1. The normalized spacial score (nSPS) is 11.8. The van der Waals surface area contributed by atoms with Crippen LogP contribution in [-0.2, 0) is 26.3 Å². The minimum atomic E-state index is -4.64. The number of ether oxygens (including phenoxy) is 2. The van der Waals surface area contributed by atoms with Crippen molar-refractivity contribution in [2.45, 2.75) is 19.3 Å². The zero-order chi connectivity index (χ0) is 27.6. The fraction of sp³-hybridized carbons (Fsp3) is 0.292. The van der Waals surface area contributed by atoms with Crippen molar-refractivity contribution in [2.75, 3.05) is 19.8 Å². The number of aryl methyl sites for hydroxylation is 1. The molecule has 4 rings (SSSR count). The molecule has 0 aliphatic heterocycles. The maximum atomic E-state index is 13.2. The highest BCUT2D eigenvalue weighted by molar-refractivity contribution is 6.31. The third-order valence-electron chi connectivity index (χ3n) is 5.60. The summed E-state index contributed by atoms with van der Waals surface area (Å²) in [6, 6.07) is 9.99. The lowest BCUT2D eigenvalue weighted by Crippen LogP contribution is -2.40. The monoisotopic (exact) mass is 572 g/mol. The van der Waals surface area contributed by atoms with Crippen LogP contribution in [0, 0.1) is 0 Å². The van der Waals surface area contributed by atoms with Crippen LogP contribution < -0.4 is 20.7 Å². The van der Waals surface area contributed by atoms with Crippen LogP contribution in [0.4, 0.5) is 13.2 Å². The predicted octanol–water partition coefficient (Wildman–Crippen LogP) is 3.72. The van der Waals surface area contributed by atoms with Gasteiger partial charge in [-0.1, -0.05) is 35.3 Å². The zero-order valence-electron chi connectivity index (χ0n) is 19.8. The van der Waals surface area contributed by atoms with E-state index in [1.807, 2.05) is 0 Å². The summed E-state index contributed by atoms with van der Waals surface area (Å²) in [6.07, 6.45) is -4.64. The van der Waals surface area contributed by atoms with Gasteiger partial charge in [-0.3, -0.25) is 18.5 Å². The number of nitrogens with zero attached hydrogens (tertiary/aromatic N) is 4. The van der Waals surface area contributed by atoms with E-state index in [-0.39, 0.29) is 49.2 Å². The van der Waals surface area contributed by atoms with Crippen molar-refractivity contribution in [3.8, 4) is 11.8 Å². The molecular formula is C24H21Cl2F3N4O5. The Bertz CT molecular complexity index is 1580. The molecule has 4 aromatic rings. The summed E-state index contributed by atoms with van der Waals surface area (Å²) < 4.78 is 54.0. The number of aliphatic hydroxyl groups is 1. The molecule has 38 heavy (non-hydrogen) atoms. The van der Waals surface area contributed by atoms with Gasteiger partial charge in [-0.15, -0.1) is 0 Å². The van der Waals surface area contributed by atoms with Crippen molar-refractivity contribution >= 4 is 34.4 Å². The van der Waals surface area contributed by atoms with Gasteiger partial charge in [-0.05, 0) is 35.9 Å². The van der Waals surface area contributed by atoms with Gasteiger partial charge in [0.05, 0.1) is 30.3 Å². The Kier molecular flexibility index (Phi) is 8.05. The topological polar surface area (TPSA) is 101 Å². The Morgan fingerprint density at radius 3 is 2.34 bits per heavy atom. The SMILES string of the molecule is Cn1c(=O)n(CCO)c(=O)c2c1nc(OCCOc1ccc(Cl)c(C(F)(F)F)c1)n2Cc1ccc(Cl)cc1. The molecule has 0 radical (unpaired) electrons. The van der Waals surface area contributed by atoms with E-state index in [1.165, 1.54) is 22.2 Å². The van der Waals surface area contributed by atoms with Gasteiger partial charge < -0.3 is 14.6 Å². The second kappa shape index (κ2) is 11.1. The number of halogens is 5. The molecule has 2 aromatic carbocycles. The van der Waals surface area contributed by atoms with E-state index < -0.39 is 34.6 Å². The Morgan fingerprint density at radius 2 is 1.68 bits per heavy atom. The van der Waals surface area contributed by atoms with Gasteiger partial charge in [-0.2, -0.15) is 18.2 Å². The Labute approximate surface area is 223 Å². The predicted molar refractivity (Wildman–Crippen MR) is 134 cm³/mol. The number of rotatable bonds is 9. The van der Waals surface area contributed by atoms with Crippen molar-refractivity contribution in [1.29, 1.82) is 0 Å². The first kappa shape index (κ1) is 27.6. The Balaban J connectivity index is 1.64. The van der Waals surface area contributed by atoms with Crippen LogP contribution in [0.15, 0.2) is 52.1 Å². The number of hydrogen-bond donors (Lipinski definition) is 1. The van der Waals surface area contributed by atoms with Crippen molar-refractivity contribution in [3.05, 3.63) is 84.5 Å². The number of benzene rings is 2. The second-order valence-electron chi connectivity index (χ2n) is 8.14. The standard InChI is InChI=1S/C24H21Cl2F3N4O5/c1-31-20-19(21(35)32(8-9-34)23(31)36)33(13-14-2-4-15(25)5-3-14)22(30-20)38-11-10-37-16-6-7-18(26)17(12-16)24(27,28)29/h2-7,12,34H,8-11,13H2,1H3. The Hall–Kier alpha value is -3.48. The molecule has 0 unspecified atom stereocenters. The van der Waals surface area contributed by atoms with Crippen LogP contribution in [0.2, 0.25) is 10.0 Å². The minimum absolute atomic E-state index is 0.0144. The second-order valence-corrected chi connectivity index (χ2v) is 8.98. The quantitative estimate of drug-likeness (QED) is 0.307. The van der Waals surface area contributed by atoms with Crippen LogP contribution in [0.3, 0.4) is 0 Å². The molecule has 9 nitrogen and oxygen atoms in total. The lowest BCUT2D eigenvalue weighted by molar-refractivity contribution is -0.137. The minimum Gasteiger partial charge on any atom is -0.490 e. The van der Waals surface area contributed by atoms with Gasteiger partial charge in [0.25, 0.3) is 11.6 Å². The van der Waals surface area contributed by atoms with Crippen molar-refractivity contribution in [3.63, 3.8) is 0 Å². The molecule has 0 fully saturated rings. The van der Waals surface area contributed by atoms with Crippen LogP contribution in [-0.4, -0.2) is 43.6 Å². The molecule has 0 aliphatic rings. The van der Waals surface area contributed by atoms with Crippen molar-refractivity contribution in [1.82, 2.24) is 18.7 Å². The van der Waals surface area contributed by atoms with E-state index in [1.54, 1.807) is 24.3 Å². The molecule has 0 amide bonds. The van der Waals surface area contributed by atoms with E-state index in [4.69, 9.17) is 32.7 Å². The van der Waals surface area contributed by atoms with Gasteiger partial charge in [0.2, 0.25) is 0 Å². The van der Waals surface area contributed by atoms with E-state index in [0.717, 1.165) is 22.3 Å². The van der Waals surface area contributed by atoms with Gasteiger partial charge >= 0.3 is 11.9 Å². The summed E-state index contributed by atoms with van der Waals surface area (Å²) in [4.78, 5) is 30.2. The number of fused-ring (bicyclic) bond motifs is 1. The molecule has 2 aromatic heterocycles. The summed E-state index contributed by atoms with van der Waals surface area (Å²) in [5.74, 6) is -0.0609. The average molecular weight is 573 g/mol. The third kappa shape index (κ3) is 5.66. The first-order valence-electron chi connectivity index (χ1n) is 11.2. The number of alkyl halides is 3. The lowest BCUT2D eigenvalue weighted by Gasteiger charge is -2.13. The van der Waals surface area contributed by atoms with Crippen molar-refractivity contribution in [2.24, 2.45) is 7.05 Å². The first-order valence-corrected chi connectivity index (χ1v) is 11.9. The maximum absolute atomic E-state index is 13.2. The van der Waals surface area contributed by atoms with Gasteiger partial charge in [0.15, 0.2) is 11.2 Å². The van der Waals surface area contributed by atoms with Gasteiger partial charge in [0, 0.05) is 12.1 Å². The molecule has 2 heterocycles. The largest absolute Gasteiger partial charge is 0.490 e. The smallest absolute Gasteiger partial charge is 0.417 e. The van der Waals surface area contributed by atoms with Crippen LogP contribution in [0.5, 0.6) is 11.8 Å². The number of hydrogen-bond acceptors (Lipinski definition) is 6. The van der Waals surface area contributed by atoms with Gasteiger partial charge in [-0.25, -0.2) is 4.79 Å². The summed E-state index contributed by atoms with van der Waals surface area (Å²) in [5.41, 5.74) is -1.47. The maximum Gasteiger partial charge on any atom is 0.417 e. The first-order chi connectivity index (χ1) is 18.0. The number of aromatic nitrogens is 4. The molecule has 0 bridgehead atoms. The van der Waals surface area contributed by atoms with Gasteiger partial charge in [0.1, 0.15) is 19.0 Å². The highest BCUT2D eigenvalue weighted by Crippen LogP contribution is 2.36. The van der Waals surface area contributed by atoms with E-state index >= 15 is 0 Å². The average Bonchev–Trinajstić information content (AvgIpc) is 3.23. The molecule has 14 heteroatoms. The van der Waals surface area contributed by atoms with E-state index in [0.29, 0.717) is 5.02 Å². The molecule has 0 saturated heterocycles. The summed E-state index contributed by atoms with van der Waals surface area (Å²) in [5, 5.41) is 9.40. The molecular weight excluding hydrogens is 552 g/mol. The fourth-order valence-electron chi connectivity index (χ4n) is 3.78. The fourth-order valence-corrected chi connectivity index (χ4v) is 4.13. The van der Waals surface area contributed by atoms with E-state index in [2.05, 4.69) is 4.98 Å². The highest BCUT2D eigenvalue weighted by atomic mass is 35.5. The Morgan fingerprint density at radius 1 is 1.00 bits per heavy atom. The van der Waals surface area contributed by atoms with Crippen molar-refractivity contribution < 1.29 is 27.8 Å². The summed E-state index contributed by atoms with van der Waals surface area (Å²) >= 11 is 11.6. The molecule has 0 aliphatic carbocycles.